The first-order valence-electron chi connectivity index (χ1n) is 7.42. The Kier molecular flexibility index (Phi) is 6.27. The Morgan fingerprint density at radius 2 is 1.92 bits per heavy atom. The summed E-state index contributed by atoms with van der Waals surface area (Å²) < 4.78 is 10.6. The lowest BCUT2D eigenvalue weighted by atomic mass is 10.1. The van der Waals surface area contributed by atoms with Gasteiger partial charge in [-0.25, -0.2) is 0 Å². The molecule has 2 amide bonds. The number of aromatic nitrogens is 1. The van der Waals surface area contributed by atoms with Crippen molar-refractivity contribution in [2.24, 2.45) is 0 Å². The van der Waals surface area contributed by atoms with Crippen LogP contribution < -0.4 is 15.6 Å². The highest BCUT2D eigenvalue weighted by Gasteiger charge is 2.12. The third-order valence-corrected chi connectivity index (χ3v) is 3.19. The molecule has 2 N–H and O–H groups in total. The highest BCUT2D eigenvalue weighted by molar-refractivity contribution is 5.98. The second kappa shape index (κ2) is 8.64. The number of nitrogens with one attached hydrogen (secondary N) is 2. The number of pyridine rings is 1. The van der Waals surface area contributed by atoms with E-state index in [-0.39, 0.29) is 5.69 Å². The number of ether oxygens (including phenoxy) is 2. The van der Waals surface area contributed by atoms with Gasteiger partial charge in [-0.1, -0.05) is 6.07 Å². The quantitative estimate of drug-likeness (QED) is 0.787. The van der Waals surface area contributed by atoms with Gasteiger partial charge in [-0.3, -0.25) is 25.4 Å². The molecule has 24 heavy (non-hydrogen) atoms. The summed E-state index contributed by atoms with van der Waals surface area (Å²) in [5.41, 5.74) is 6.03. The zero-order valence-electron chi connectivity index (χ0n) is 13.5. The molecule has 0 aliphatic heterocycles. The van der Waals surface area contributed by atoms with Gasteiger partial charge in [0.05, 0.1) is 13.7 Å². The summed E-state index contributed by atoms with van der Waals surface area (Å²) in [7, 11) is 1.55. The number of hydrazine groups is 1. The lowest BCUT2D eigenvalue weighted by Gasteiger charge is -2.11. The van der Waals surface area contributed by atoms with Crippen molar-refractivity contribution in [1.29, 1.82) is 0 Å². The van der Waals surface area contributed by atoms with Crippen LogP contribution in [0.1, 0.15) is 33.3 Å². The van der Waals surface area contributed by atoms with Gasteiger partial charge in [0.15, 0.2) is 0 Å². The molecule has 0 radical (unpaired) electrons. The van der Waals surface area contributed by atoms with Gasteiger partial charge >= 0.3 is 0 Å². The fourth-order valence-electron chi connectivity index (χ4n) is 1.99. The first kappa shape index (κ1) is 17.4. The van der Waals surface area contributed by atoms with Gasteiger partial charge in [-0.05, 0) is 37.3 Å². The van der Waals surface area contributed by atoms with E-state index in [1.54, 1.807) is 43.5 Å². The first-order valence-corrected chi connectivity index (χ1v) is 7.42. The molecule has 0 atom stereocenters. The van der Waals surface area contributed by atoms with Gasteiger partial charge in [-0.2, -0.15) is 0 Å². The second-order valence-corrected chi connectivity index (χ2v) is 4.79. The molecule has 0 aliphatic rings. The smallest absolute Gasteiger partial charge is 0.288 e. The van der Waals surface area contributed by atoms with Gasteiger partial charge < -0.3 is 9.47 Å². The molecule has 0 saturated carbocycles. The van der Waals surface area contributed by atoms with Gasteiger partial charge in [0.25, 0.3) is 11.8 Å². The number of rotatable bonds is 6. The Labute approximate surface area is 140 Å². The SMILES string of the molecule is CCOCc1cc(C(=O)NNC(=O)c2ccccn2)ccc1OC. The number of hydrogen-bond donors (Lipinski definition) is 2. The highest BCUT2D eigenvalue weighted by atomic mass is 16.5. The highest BCUT2D eigenvalue weighted by Crippen LogP contribution is 2.20. The molecule has 1 aromatic heterocycles. The number of nitrogens with zero attached hydrogens (tertiary/aromatic N) is 1. The number of amides is 2. The summed E-state index contributed by atoms with van der Waals surface area (Å²) in [6, 6.07) is 9.89. The van der Waals surface area contributed by atoms with Crippen LogP contribution in [0.2, 0.25) is 0 Å². The van der Waals surface area contributed by atoms with E-state index in [2.05, 4.69) is 15.8 Å². The molecule has 1 aromatic carbocycles. The van der Waals surface area contributed by atoms with E-state index in [4.69, 9.17) is 9.47 Å². The summed E-state index contributed by atoms with van der Waals surface area (Å²) >= 11 is 0. The maximum atomic E-state index is 12.2. The molecule has 0 unspecified atom stereocenters. The minimum absolute atomic E-state index is 0.213. The molecule has 2 rings (SSSR count). The Balaban J connectivity index is 2.02. The van der Waals surface area contributed by atoms with Crippen LogP contribution in [-0.2, 0) is 11.3 Å². The van der Waals surface area contributed by atoms with Crippen LogP contribution in [0.25, 0.3) is 0 Å². The summed E-state index contributed by atoms with van der Waals surface area (Å²) in [5.74, 6) is -0.302. The van der Waals surface area contributed by atoms with Crippen molar-refractivity contribution in [1.82, 2.24) is 15.8 Å². The minimum Gasteiger partial charge on any atom is -0.496 e. The molecule has 0 saturated heterocycles. The molecular formula is C17H19N3O4. The van der Waals surface area contributed by atoms with E-state index < -0.39 is 11.8 Å². The van der Waals surface area contributed by atoms with Crippen LogP contribution in [0.5, 0.6) is 5.75 Å². The van der Waals surface area contributed by atoms with Crippen molar-refractivity contribution >= 4 is 11.8 Å². The van der Waals surface area contributed by atoms with E-state index in [0.717, 1.165) is 5.56 Å². The first-order chi connectivity index (χ1) is 11.7. The van der Waals surface area contributed by atoms with Crippen molar-refractivity contribution < 1.29 is 19.1 Å². The van der Waals surface area contributed by atoms with E-state index >= 15 is 0 Å². The van der Waals surface area contributed by atoms with Crippen LogP contribution in [-0.4, -0.2) is 30.5 Å². The van der Waals surface area contributed by atoms with Crippen molar-refractivity contribution in [3.05, 3.63) is 59.4 Å². The molecule has 126 valence electrons. The summed E-state index contributed by atoms with van der Waals surface area (Å²) in [5, 5.41) is 0. The zero-order chi connectivity index (χ0) is 17.4. The van der Waals surface area contributed by atoms with E-state index in [0.29, 0.717) is 24.5 Å². The number of methoxy groups -OCH3 is 1. The van der Waals surface area contributed by atoms with Crippen LogP contribution in [0.15, 0.2) is 42.6 Å². The molecule has 0 spiro atoms. The fourth-order valence-corrected chi connectivity index (χ4v) is 1.99. The predicted octanol–water partition coefficient (Wildman–Crippen LogP) is 1.70. The molecule has 7 nitrogen and oxygen atoms in total. The third kappa shape index (κ3) is 4.53. The lowest BCUT2D eigenvalue weighted by Crippen LogP contribution is -2.41. The molecule has 0 aliphatic carbocycles. The maximum absolute atomic E-state index is 12.2. The average Bonchev–Trinajstić information content (AvgIpc) is 2.64. The van der Waals surface area contributed by atoms with E-state index in [1.807, 2.05) is 6.92 Å². The largest absolute Gasteiger partial charge is 0.496 e. The van der Waals surface area contributed by atoms with Crippen LogP contribution in [0.4, 0.5) is 0 Å². The molecule has 0 bridgehead atoms. The number of carbonyl (C=O) groups is 2. The third-order valence-electron chi connectivity index (χ3n) is 3.19. The normalized spacial score (nSPS) is 10.1. The van der Waals surface area contributed by atoms with E-state index in [1.165, 1.54) is 6.20 Å². The average molecular weight is 329 g/mol. The number of hydrogen-bond acceptors (Lipinski definition) is 5. The van der Waals surface area contributed by atoms with Crippen molar-refractivity contribution in [3.63, 3.8) is 0 Å². The van der Waals surface area contributed by atoms with Crippen molar-refractivity contribution in [2.75, 3.05) is 13.7 Å². The van der Waals surface area contributed by atoms with Crippen LogP contribution in [0, 0.1) is 0 Å². The maximum Gasteiger partial charge on any atom is 0.288 e. The predicted molar refractivity (Wildman–Crippen MR) is 87.5 cm³/mol. The summed E-state index contributed by atoms with van der Waals surface area (Å²) in [6.45, 7) is 2.77. The fraction of sp³-hybridized carbons (Fsp3) is 0.235. The second-order valence-electron chi connectivity index (χ2n) is 4.79. The lowest BCUT2D eigenvalue weighted by molar-refractivity contribution is 0.0843. The summed E-state index contributed by atoms with van der Waals surface area (Å²) in [6.07, 6.45) is 1.50. The van der Waals surface area contributed by atoms with Gasteiger partial charge in [0, 0.05) is 23.9 Å². The Morgan fingerprint density at radius 3 is 2.58 bits per heavy atom. The van der Waals surface area contributed by atoms with Gasteiger partial charge in [0.1, 0.15) is 11.4 Å². The van der Waals surface area contributed by atoms with Crippen molar-refractivity contribution in [3.8, 4) is 5.75 Å². The zero-order valence-corrected chi connectivity index (χ0v) is 13.5. The van der Waals surface area contributed by atoms with Crippen LogP contribution in [0.3, 0.4) is 0 Å². The Morgan fingerprint density at radius 1 is 1.12 bits per heavy atom. The molecular weight excluding hydrogens is 310 g/mol. The Hall–Kier alpha value is -2.93. The molecule has 7 heteroatoms. The van der Waals surface area contributed by atoms with E-state index in [9.17, 15) is 9.59 Å². The van der Waals surface area contributed by atoms with Crippen molar-refractivity contribution in [2.45, 2.75) is 13.5 Å². The van der Waals surface area contributed by atoms with Crippen LogP contribution >= 0.6 is 0 Å². The topological polar surface area (TPSA) is 89.6 Å². The Bertz CT molecular complexity index is 704. The molecule has 0 fully saturated rings. The minimum atomic E-state index is -0.494. The molecule has 1 heterocycles. The van der Waals surface area contributed by atoms with Gasteiger partial charge in [-0.15, -0.1) is 0 Å². The number of benzene rings is 1. The monoisotopic (exact) mass is 329 g/mol. The van der Waals surface area contributed by atoms with Gasteiger partial charge in [0.2, 0.25) is 0 Å². The molecule has 2 aromatic rings. The summed E-state index contributed by atoms with van der Waals surface area (Å²) in [4.78, 5) is 27.9. The number of carbonyl (C=O) groups excluding carboxylic acids is 2. The standard InChI is InChI=1S/C17H19N3O4/c1-3-24-11-13-10-12(7-8-15(13)23-2)16(21)19-20-17(22)14-6-4-5-9-18-14/h4-10H,3,11H2,1-2H3,(H,19,21)(H,20,22).